The first-order valence-electron chi connectivity index (χ1n) is 8.37. The molecule has 1 aliphatic carbocycles. The van der Waals surface area contributed by atoms with Crippen LogP contribution in [0.2, 0.25) is 0 Å². The number of carboxylic acids is 1. The minimum atomic E-state index is -5.08. The molecule has 0 unspecified atom stereocenters. The lowest BCUT2D eigenvalue weighted by molar-refractivity contribution is -0.192. The van der Waals surface area contributed by atoms with Gasteiger partial charge in [-0.05, 0) is 68.5 Å². The van der Waals surface area contributed by atoms with Crippen LogP contribution < -0.4 is 10.1 Å². The second kappa shape index (κ2) is 8.37. The number of hydrogen-bond donors (Lipinski definition) is 2. The Kier molecular flexibility index (Phi) is 6.61. The molecule has 1 heterocycles. The fraction of sp³-hybridized carbons (Fsp3) is 0.588. The van der Waals surface area contributed by atoms with E-state index in [4.69, 9.17) is 14.6 Å². The summed E-state index contributed by atoms with van der Waals surface area (Å²) in [4.78, 5) is 8.90. The van der Waals surface area contributed by atoms with E-state index in [1.54, 1.807) is 6.07 Å². The Labute approximate surface area is 151 Å². The third kappa shape index (κ3) is 6.60. The Morgan fingerprint density at radius 1 is 1.04 bits per heavy atom. The third-order valence-corrected chi connectivity index (χ3v) is 4.18. The number of carbonyl (C=O) groups is 1. The molecular formula is C17H19F6NO3. The lowest BCUT2D eigenvalue weighted by Gasteiger charge is -2.24. The maximum absolute atomic E-state index is 13.0. The van der Waals surface area contributed by atoms with E-state index in [9.17, 15) is 26.3 Å². The van der Waals surface area contributed by atoms with E-state index < -0.39 is 23.9 Å². The van der Waals surface area contributed by atoms with Gasteiger partial charge in [-0.3, -0.25) is 0 Å². The number of carboxylic acid groups (broad SMARTS) is 1. The summed E-state index contributed by atoms with van der Waals surface area (Å²) < 4.78 is 76.5. The van der Waals surface area contributed by atoms with Crippen molar-refractivity contribution in [1.82, 2.24) is 5.32 Å². The van der Waals surface area contributed by atoms with Gasteiger partial charge in [-0.25, -0.2) is 4.79 Å². The number of hydrogen-bond acceptors (Lipinski definition) is 3. The standard InChI is InChI=1S/C15H18F3NO.C2HF3O2/c16-15(17,18)14-4-3-12(9-13(14)10-1-2-10)20-11-5-7-19-8-6-11;3-2(4,5)1(6)7/h3-4,9-11,19H,1-2,5-8H2;(H,6,7). The van der Waals surface area contributed by atoms with Crippen molar-refractivity contribution in [3.63, 3.8) is 0 Å². The van der Waals surface area contributed by atoms with E-state index in [-0.39, 0.29) is 12.0 Å². The second-order valence-electron chi connectivity index (χ2n) is 6.39. The second-order valence-corrected chi connectivity index (χ2v) is 6.39. The minimum Gasteiger partial charge on any atom is -0.490 e. The number of alkyl halides is 6. The minimum absolute atomic E-state index is 0.0585. The molecule has 2 N–H and O–H groups in total. The smallest absolute Gasteiger partial charge is 0.490 e. The fourth-order valence-electron chi connectivity index (χ4n) is 2.71. The van der Waals surface area contributed by atoms with Crippen LogP contribution in [0.5, 0.6) is 5.75 Å². The highest BCUT2D eigenvalue weighted by molar-refractivity contribution is 5.73. The van der Waals surface area contributed by atoms with E-state index in [1.165, 1.54) is 12.1 Å². The molecule has 1 saturated heterocycles. The predicted molar refractivity (Wildman–Crippen MR) is 83.6 cm³/mol. The maximum atomic E-state index is 13.0. The molecule has 0 atom stereocenters. The van der Waals surface area contributed by atoms with Gasteiger partial charge in [0.1, 0.15) is 11.9 Å². The first kappa shape index (κ1) is 21.3. The first-order valence-corrected chi connectivity index (χ1v) is 8.37. The monoisotopic (exact) mass is 399 g/mol. The zero-order chi connectivity index (χ0) is 20.2. The molecule has 10 heteroatoms. The summed E-state index contributed by atoms with van der Waals surface area (Å²) in [6.45, 7) is 1.81. The number of halogens is 6. The van der Waals surface area contributed by atoms with Crippen LogP contribution in [-0.4, -0.2) is 36.4 Å². The van der Waals surface area contributed by atoms with Gasteiger partial charge in [0, 0.05) is 0 Å². The van der Waals surface area contributed by atoms with Gasteiger partial charge in [-0.2, -0.15) is 26.3 Å². The molecule has 3 rings (SSSR count). The highest BCUT2D eigenvalue weighted by atomic mass is 19.4. The summed E-state index contributed by atoms with van der Waals surface area (Å²) in [6, 6.07) is 4.23. The van der Waals surface area contributed by atoms with Gasteiger partial charge in [0.15, 0.2) is 0 Å². The summed E-state index contributed by atoms with van der Waals surface area (Å²) >= 11 is 0. The van der Waals surface area contributed by atoms with Crippen molar-refractivity contribution >= 4 is 5.97 Å². The number of piperidine rings is 1. The maximum Gasteiger partial charge on any atom is 0.490 e. The van der Waals surface area contributed by atoms with Crippen molar-refractivity contribution in [2.75, 3.05) is 13.1 Å². The Bertz CT molecular complexity index is 649. The van der Waals surface area contributed by atoms with Crippen LogP contribution in [0.4, 0.5) is 26.3 Å². The van der Waals surface area contributed by atoms with Gasteiger partial charge in [-0.1, -0.05) is 0 Å². The van der Waals surface area contributed by atoms with E-state index in [0.717, 1.165) is 38.8 Å². The van der Waals surface area contributed by atoms with Crippen LogP contribution in [0.3, 0.4) is 0 Å². The molecule has 2 aliphatic rings. The zero-order valence-electron chi connectivity index (χ0n) is 14.2. The van der Waals surface area contributed by atoms with Gasteiger partial charge >= 0.3 is 18.3 Å². The van der Waals surface area contributed by atoms with Crippen LogP contribution in [0.15, 0.2) is 18.2 Å². The summed E-state index contributed by atoms with van der Waals surface area (Å²) in [5.74, 6) is -2.12. The predicted octanol–water partition coefficient (Wildman–Crippen LogP) is 4.35. The molecule has 27 heavy (non-hydrogen) atoms. The molecule has 0 aromatic heterocycles. The SMILES string of the molecule is FC(F)(F)c1ccc(OC2CCNCC2)cc1C1CC1.O=C(O)C(F)(F)F. The van der Waals surface area contributed by atoms with Crippen molar-refractivity contribution in [3.05, 3.63) is 29.3 Å². The average molecular weight is 399 g/mol. The number of nitrogens with one attached hydrogen (secondary N) is 1. The third-order valence-electron chi connectivity index (χ3n) is 4.18. The van der Waals surface area contributed by atoms with Crippen LogP contribution >= 0.6 is 0 Å². The van der Waals surface area contributed by atoms with Crippen LogP contribution in [0.1, 0.15) is 42.7 Å². The molecule has 0 spiro atoms. The largest absolute Gasteiger partial charge is 0.490 e. The number of benzene rings is 1. The number of aliphatic carboxylic acids is 1. The molecule has 1 aromatic carbocycles. The van der Waals surface area contributed by atoms with E-state index in [1.807, 2.05) is 0 Å². The lowest BCUT2D eigenvalue weighted by atomic mass is 10.0. The summed E-state index contributed by atoms with van der Waals surface area (Å²) in [5.41, 5.74) is -0.0957. The Morgan fingerprint density at radius 2 is 1.59 bits per heavy atom. The molecule has 1 saturated carbocycles. The first-order chi connectivity index (χ1) is 12.5. The molecule has 0 bridgehead atoms. The van der Waals surface area contributed by atoms with Gasteiger partial charge < -0.3 is 15.2 Å². The number of ether oxygens (including phenoxy) is 1. The van der Waals surface area contributed by atoms with Crippen molar-refractivity contribution < 1.29 is 41.0 Å². The molecular weight excluding hydrogens is 380 g/mol. The van der Waals surface area contributed by atoms with E-state index >= 15 is 0 Å². The molecule has 1 aromatic rings. The lowest BCUT2D eigenvalue weighted by Crippen LogP contribution is -2.34. The molecule has 0 amide bonds. The quantitative estimate of drug-likeness (QED) is 0.743. The van der Waals surface area contributed by atoms with E-state index in [2.05, 4.69) is 5.32 Å². The van der Waals surface area contributed by atoms with E-state index in [0.29, 0.717) is 11.3 Å². The molecule has 152 valence electrons. The normalized spacial score (nSPS) is 18.4. The average Bonchev–Trinajstić information content (AvgIpc) is 3.39. The zero-order valence-corrected chi connectivity index (χ0v) is 14.2. The van der Waals surface area contributed by atoms with Gasteiger partial charge in [0.2, 0.25) is 0 Å². The summed E-state index contributed by atoms with van der Waals surface area (Å²) in [7, 11) is 0. The van der Waals surface area contributed by atoms with Crippen molar-refractivity contribution in [2.24, 2.45) is 0 Å². The van der Waals surface area contributed by atoms with Crippen molar-refractivity contribution in [2.45, 2.75) is 50.1 Å². The Morgan fingerprint density at radius 3 is 2.04 bits per heavy atom. The number of rotatable bonds is 3. The van der Waals surface area contributed by atoms with Crippen LogP contribution in [0, 0.1) is 0 Å². The van der Waals surface area contributed by atoms with Gasteiger partial charge in [0.25, 0.3) is 0 Å². The van der Waals surface area contributed by atoms with Crippen molar-refractivity contribution in [1.29, 1.82) is 0 Å². The van der Waals surface area contributed by atoms with Crippen molar-refractivity contribution in [3.8, 4) is 5.75 Å². The molecule has 4 nitrogen and oxygen atoms in total. The summed E-state index contributed by atoms with van der Waals surface area (Å²) in [5, 5.41) is 10.4. The van der Waals surface area contributed by atoms with Crippen LogP contribution in [-0.2, 0) is 11.0 Å². The Hall–Kier alpha value is -1.97. The van der Waals surface area contributed by atoms with Gasteiger partial charge in [0.05, 0.1) is 5.56 Å². The van der Waals surface area contributed by atoms with Crippen LogP contribution in [0.25, 0.3) is 0 Å². The highest BCUT2D eigenvalue weighted by Crippen LogP contribution is 2.47. The summed E-state index contributed by atoms with van der Waals surface area (Å²) in [6.07, 6.45) is -5.75. The topological polar surface area (TPSA) is 58.6 Å². The van der Waals surface area contributed by atoms with Gasteiger partial charge in [-0.15, -0.1) is 0 Å². The fourth-order valence-corrected chi connectivity index (χ4v) is 2.71. The Balaban J connectivity index is 0.000000321. The molecule has 0 radical (unpaired) electrons. The molecule has 2 fully saturated rings. The molecule has 1 aliphatic heterocycles. The highest BCUT2D eigenvalue weighted by Gasteiger charge is 2.39.